The van der Waals surface area contributed by atoms with E-state index in [2.05, 4.69) is 242 Å². The Hall–Kier alpha value is -6.95. The van der Waals surface area contributed by atoms with Crippen LogP contribution in [0.1, 0.15) is 50.1 Å². The maximum absolute atomic E-state index is 2.39. The molecule has 0 saturated carbocycles. The molecule has 9 aromatic rings. The van der Waals surface area contributed by atoms with Gasteiger partial charge in [-0.3, -0.25) is 0 Å². The number of nitrogens with zero attached hydrogens (tertiary/aromatic N) is 1. The first kappa shape index (κ1) is 38.7. The smallest absolute Gasteiger partial charge is 0.0462 e. The Morgan fingerprint density at radius 3 is 0.781 bits per heavy atom. The Morgan fingerprint density at radius 2 is 0.484 bits per heavy atom. The Bertz CT molecular complexity index is 2980. The number of hydrogen-bond donors (Lipinski definition) is 0. The molecule has 0 fully saturated rings. The maximum atomic E-state index is 2.39. The van der Waals surface area contributed by atoms with Crippen molar-refractivity contribution < 1.29 is 0 Å². The molecule has 3 heterocycles. The SMILES string of the molecule is C1=C(c2ccc(N(c3ccc(C4=Cc5ccccc5Sc5ccccc54)cc3)c3ccc(C4=Cc5ccccc5Sc5ccccc54)cc3)cc2)c2ccccc2Sc2ccccc21. The third-order valence-electron chi connectivity index (χ3n) is 12.2. The van der Waals surface area contributed by atoms with E-state index in [-0.39, 0.29) is 0 Å². The van der Waals surface area contributed by atoms with Crippen molar-refractivity contribution in [2.24, 2.45) is 0 Å². The minimum atomic E-state index is 1.09. The molecule has 0 radical (unpaired) electrons. The minimum Gasteiger partial charge on any atom is -0.311 e. The Kier molecular flexibility index (Phi) is 10.1. The fourth-order valence-corrected chi connectivity index (χ4v) is 12.2. The van der Waals surface area contributed by atoms with E-state index >= 15 is 0 Å². The van der Waals surface area contributed by atoms with Crippen LogP contribution in [-0.4, -0.2) is 0 Å². The molecule has 9 aromatic carbocycles. The summed E-state index contributed by atoms with van der Waals surface area (Å²) in [4.78, 5) is 10.0. The molecule has 0 bridgehead atoms. The van der Waals surface area contributed by atoms with Crippen LogP contribution in [-0.2, 0) is 0 Å². The summed E-state index contributed by atoms with van der Waals surface area (Å²) in [6, 6.07) is 79.9. The summed E-state index contributed by atoms with van der Waals surface area (Å²) in [5.74, 6) is 0. The predicted molar refractivity (Wildman–Crippen MR) is 273 cm³/mol. The normalized spacial score (nSPS) is 13.4. The highest BCUT2D eigenvalue weighted by atomic mass is 32.2. The van der Waals surface area contributed by atoms with Crippen LogP contribution in [0.4, 0.5) is 17.1 Å². The highest BCUT2D eigenvalue weighted by Gasteiger charge is 2.22. The molecule has 4 heteroatoms. The average Bonchev–Trinajstić information content (AvgIpc) is 3.72. The van der Waals surface area contributed by atoms with Gasteiger partial charge in [-0.2, -0.15) is 0 Å². The van der Waals surface area contributed by atoms with Crippen molar-refractivity contribution in [1.29, 1.82) is 0 Å². The molecule has 1 nitrogen and oxygen atoms in total. The van der Waals surface area contributed by atoms with Crippen molar-refractivity contribution in [1.82, 2.24) is 0 Å². The van der Waals surface area contributed by atoms with Gasteiger partial charge in [0.2, 0.25) is 0 Å². The second kappa shape index (κ2) is 16.6. The summed E-state index contributed by atoms with van der Waals surface area (Å²) >= 11 is 5.53. The molecule has 0 amide bonds. The number of benzene rings is 9. The van der Waals surface area contributed by atoms with Gasteiger partial charge in [-0.15, -0.1) is 0 Å². The van der Waals surface area contributed by atoms with Gasteiger partial charge in [0.25, 0.3) is 0 Å². The molecular formula is C60H39NS3. The van der Waals surface area contributed by atoms with Crippen molar-refractivity contribution in [3.63, 3.8) is 0 Å². The van der Waals surface area contributed by atoms with Crippen LogP contribution >= 0.6 is 35.3 Å². The van der Waals surface area contributed by atoms with Gasteiger partial charge in [-0.1, -0.05) is 181 Å². The lowest BCUT2D eigenvalue weighted by atomic mass is 9.94. The van der Waals surface area contributed by atoms with Crippen LogP contribution in [0.3, 0.4) is 0 Å². The highest BCUT2D eigenvalue weighted by Crippen LogP contribution is 2.47. The van der Waals surface area contributed by atoms with Crippen LogP contribution in [0.2, 0.25) is 0 Å². The molecule has 0 unspecified atom stereocenters. The third-order valence-corrected chi connectivity index (χ3v) is 15.7. The lowest BCUT2D eigenvalue weighted by Crippen LogP contribution is -2.10. The van der Waals surface area contributed by atoms with E-state index in [4.69, 9.17) is 0 Å². The number of fused-ring (bicyclic) bond motifs is 6. The average molecular weight is 870 g/mol. The van der Waals surface area contributed by atoms with E-state index in [0.717, 1.165) is 17.1 Å². The Morgan fingerprint density at radius 1 is 0.234 bits per heavy atom. The van der Waals surface area contributed by atoms with E-state index in [1.807, 2.05) is 35.3 Å². The van der Waals surface area contributed by atoms with Crippen molar-refractivity contribution in [3.8, 4) is 0 Å². The molecular weight excluding hydrogens is 831 g/mol. The third kappa shape index (κ3) is 7.24. The summed E-state index contributed by atoms with van der Waals surface area (Å²) in [5, 5.41) is 0. The first-order chi connectivity index (χ1) is 31.7. The Labute approximate surface area is 387 Å². The van der Waals surface area contributed by atoms with Crippen molar-refractivity contribution >= 4 is 87.3 Å². The zero-order chi connectivity index (χ0) is 42.4. The minimum absolute atomic E-state index is 1.09. The summed E-state index contributed by atoms with van der Waals surface area (Å²) in [7, 11) is 0. The monoisotopic (exact) mass is 869 g/mol. The largest absolute Gasteiger partial charge is 0.311 e. The number of anilines is 3. The van der Waals surface area contributed by atoms with Gasteiger partial charge in [0.15, 0.2) is 0 Å². The van der Waals surface area contributed by atoms with Gasteiger partial charge in [0.05, 0.1) is 0 Å². The predicted octanol–water partition coefficient (Wildman–Crippen LogP) is 17.3. The molecule has 0 aliphatic carbocycles. The van der Waals surface area contributed by atoms with Gasteiger partial charge < -0.3 is 4.90 Å². The van der Waals surface area contributed by atoms with Gasteiger partial charge in [-0.05, 0) is 158 Å². The molecule has 0 spiro atoms. The summed E-state index contributed by atoms with van der Waals surface area (Å²) in [5.41, 5.74) is 18.0. The summed E-state index contributed by atoms with van der Waals surface area (Å²) in [6.07, 6.45) is 7.06. The van der Waals surface area contributed by atoms with Crippen LogP contribution < -0.4 is 4.90 Å². The molecule has 302 valence electrons. The fourth-order valence-electron chi connectivity index (χ4n) is 9.00. The van der Waals surface area contributed by atoms with Crippen molar-refractivity contribution in [2.75, 3.05) is 4.90 Å². The zero-order valence-electron chi connectivity index (χ0n) is 34.7. The molecule has 3 aliphatic rings. The van der Waals surface area contributed by atoms with E-state index in [0.29, 0.717) is 0 Å². The maximum Gasteiger partial charge on any atom is 0.0462 e. The standard InChI is InChI=1S/C60H39NS3/c1-7-19-55-43(13-1)37-52(49-16-4-10-22-58(49)62-55)40-25-31-46(32-26-40)61(47-33-27-41(28-34-47)53-38-44-14-2-8-20-56(44)63-59-23-11-5-17-50(53)59)48-35-29-42(30-36-48)54-39-45-15-3-9-21-57(45)64-60-24-12-6-18-51(54)60/h1-39H. The molecule has 0 saturated heterocycles. The molecule has 12 rings (SSSR count). The first-order valence-corrected chi connectivity index (χ1v) is 24.0. The lowest BCUT2D eigenvalue weighted by molar-refractivity contribution is 1.27. The molecule has 3 aliphatic heterocycles. The molecule has 0 aromatic heterocycles. The Balaban J connectivity index is 0.962. The van der Waals surface area contributed by atoms with Crippen LogP contribution in [0.5, 0.6) is 0 Å². The van der Waals surface area contributed by atoms with E-state index in [1.54, 1.807) is 0 Å². The van der Waals surface area contributed by atoms with Crippen LogP contribution in [0.15, 0.2) is 248 Å². The van der Waals surface area contributed by atoms with Gasteiger partial charge >= 0.3 is 0 Å². The van der Waals surface area contributed by atoms with Gasteiger partial charge in [-0.25, -0.2) is 0 Å². The van der Waals surface area contributed by atoms with E-state index in [1.165, 1.54) is 96.2 Å². The number of rotatable bonds is 6. The van der Waals surface area contributed by atoms with E-state index < -0.39 is 0 Å². The van der Waals surface area contributed by atoms with E-state index in [9.17, 15) is 0 Å². The first-order valence-electron chi connectivity index (χ1n) is 21.6. The van der Waals surface area contributed by atoms with Gasteiger partial charge in [0, 0.05) is 46.4 Å². The van der Waals surface area contributed by atoms with Crippen LogP contribution in [0, 0.1) is 0 Å². The molecule has 0 atom stereocenters. The second-order valence-corrected chi connectivity index (χ2v) is 19.3. The van der Waals surface area contributed by atoms with Crippen LogP contribution in [0.25, 0.3) is 34.9 Å². The zero-order valence-corrected chi connectivity index (χ0v) is 37.1. The van der Waals surface area contributed by atoms with Crippen molar-refractivity contribution in [3.05, 3.63) is 268 Å². The van der Waals surface area contributed by atoms with Gasteiger partial charge in [0.1, 0.15) is 0 Å². The quantitative estimate of drug-likeness (QED) is 0.164. The lowest BCUT2D eigenvalue weighted by Gasteiger charge is -2.26. The summed E-state index contributed by atoms with van der Waals surface area (Å²) < 4.78 is 0. The highest BCUT2D eigenvalue weighted by molar-refractivity contribution is 8.00. The van der Waals surface area contributed by atoms with Crippen molar-refractivity contribution in [2.45, 2.75) is 29.4 Å². The second-order valence-electron chi connectivity index (χ2n) is 16.1. The summed E-state index contributed by atoms with van der Waals surface area (Å²) in [6.45, 7) is 0. The molecule has 64 heavy (non-hydrogen) atoms. The molecule has 0 N–H and O–H groups in total. The fraction of sp³-hybridized carbons (Fsp3) is 0. The number of hydrogen-bond acceptors (Lipinski definition) is 4. The topological polar surface area (TPSA) is 3.24 Å².